The normalized spacial score (nSPS) is 12.9. The van der Waals surface area contributed by atoms with Crippen LogP contribution in [-0.2, 0) is 20.9 Å². The maximum absolute atomic E-state index is 13.2. The lowest BCUT2D eigenvalue weighted by molar-refractivity contribution is -0.138. The molecule has 0 saturated heterocycles. The Morgan fingerprint density at radius 1 is 1.06 bits per heavy atom. The first-order chi connectivity index (χ1) is 17.0. The molecule has 4 rings (SSSR count). The molecule has 0 fully saturated rings. The van der Waals surface area contributed by atoms with Crippen LogP contribution in [0.25, 0.3) is 11.1 Å². The number of nitrogens with one attached hydrogen (secondary N) is 1. The number of furan rings is 1. The van der Waals surface area contributed by atoms with Crippen molar-refractivity contribution < 1.29 is 28.6 Å². The number of nitrogens with zero attached hydrogens (tertiary/aromatic N) is 1. The molecule has 182 valence electrons. The third-order valence-corrected chi connectivity index (χ3v) is 6.23. The van der Waals surface area contributed by atoms with Gasteiger partial charge in [-0.15, -0.1) is 0 Å². The highest BCUT2D eigenvalue weighted by Gasteiger charge is 2.30. The van der Waals surface area contributed by atoms with Gasteiger partial charge in [0.1, 0.15) is 12.6 Å². The van der Waals surface area contributed by atoms with Crippen LogP contribution in [0.5, 0.6) is 0 Å². The summed E-state index contributed by atoms with van der Waals surface area (Å²) in [7, 11) is 0. The van der Waals surface area contributed by atoms with Crippen LogP contribution in [0, 0.1) is 0 Å². The van der Waals surface area contributed by atoms with Crippen LogP contribution in [-0.4, -0.2) is 47.2 Å². The Hall–Kier alpha value is -4.07. The van der Waals surface area contributed by atoms with Gasteiger partial charge in [0, 0.05) is 31.0 Å². The SMILES string of the molecule is CCN(Cc1ccoc1)C(=O)C(CCC(=O)O)NC(=O)OCC1c2ccccc2-c2ccccc21. The molecule has 2 aromatic carbocycles. The number of aliphatic carboxylic acids is 1. The van der Waals surface area contributed by atoms with E-state index in [1.54, 1.807) is 17.2 Å². The molecule has 1 unspecified atom stereocenters. The fraction of sp³-hybridized carbons (Fsp3) is 0.296. The second-order valence-corrected chi connectivity index (χ2v) is 8.44. The quantitative estimate of drug-likeness (QED) is 0.449. The van der Waals surface area contributed by atoms with Crippen molar-refractivity contribution in [1.29, 1.82) is 0 Å². The number of alkyl carbamates (subject to hydrolysis) is 1. The maximum atomic E-state index is 13.2. The molecule has 1 aromatic heterocycles. The standard InChI is InChI=1S/C27H28N2O6/c1-2-29(15-18-13-14-34-16-18)26(32)24(11-12-25(30)31)28-27(33)35-17-23-21-9-5-3-7-19(21)20-8-4-6-10-22(20)23/h3-10,13-14,16,23-24H,2,11-12,15,17H2,1H3,(H,28,33)(H,30,31). The Balaban J connectivity index is 1.43. The Bertz CT molecular complexity index is 1140. The first-order valence-corrected chi connectivity index (χ1v) is 11.6. The zero-order valence-electron chi connectivity index (χ0n) is 19.5. The van der Waals surface area contributed by atoms with Crippen LogP contribution in [0.3, 0.4) is 0 Å². The van der Waals surface area contributed by atoms with Gasteiger partial charge in [0.2, 0.25) is 5.91 Å². The number of benzene rings is 2. The van der Waals surface area contributed by atoms with E-state index in [1.165, 1.54) is 6.26 Å². The molecular formula is C27H28N2O6. The van der Waals surface area contributed by atoms with Crippen LogP contribution < -0.4 is 5.32 Å². The third-order valence-electron chi connectivity index (χ3n) is 6.23. The monoisotopic (exact) mass is 476 g/mol. The fourth-order valence-electron chi connectivity index (χ4n) is 4.48. The molecule has 8 heteroatoms. The van der Waals surface area contributed by atoms with Crippen molar-refractivity contribution in [2.24, 2.45) is 0 Å². The van der Waals surface area contributed by atoms with Crippen molar-refractivity contribution in [3.8, 4) is 11.1 Å². The molecule has 3 aromatic rings. The predicted octanol–water partition coefficient (Wildman–Crippen LogP) is 4.40. The summed E-state index contributed by atoms with van der Waals surface area (Å²) in [6, 6.07) is 16.7. The van der Waals surface area contributed by atoms with E-state index in [4.69, 9.17) is 14.3 Å². The van der Waals surface area contributed by atoms with Gasteiger partial charge < -0.3 is 24.5 Å². The van der Waals surface area contributed by atoms with E-state index in [-0.39, 0.29) is 31.3 Å². The minimum atomic E-state index is -1.05. The zero-order chi connectivity index (χ0) is 24.8. The molecule has 0 aliphatic heterocycles. The summed E-state index contributed by atoms with van der Waals surface area (Å²) in [4.78, 5) is 38.6. The summed E-state index contributed by atoms with van der Waals surface area (Å²) >= 11 is 0. The zero-order valence-corrected chi connectivity index (χ0v) is 19.5. The number of amides is 2. The molecule has 35 heavy (non-hydrogen) atoms. The third kappa shape index (κ3) is 5.54. The maximum Gasteiger partial charge on any atom is 0.407 e. The molecule has 1 heterocycles. The fourth-order valence-corrected chi connectivity index (χ4v) is 4.48. The molecule has 0 radical (unpaired) electrons. The minimum absolute atomic E-state index is 0.0414. The minimum Gasteiger partial charge on any atom is -0.481 e. The first kappa shape index (κ1) is 24.1. The second-order valence-electron chi connectivity index (χ2n) is 8.44. The van der Waals surface area contributed by atoms with E-state index in [0.29, 0.717) is 13.1 Å². The molecule has 1 aliphatic rings. The Morgan fingerprint density at radius 2 is 1.71 bits per heavy atom. The van der Waals surface area contributed by atoms with Crippen molar-refractivity contribution >= 4 is 18.0 Å². The van der Waals surface area contributed by atoms with Crippen molar-refractivity contribution in [1.82, 2.24) is 10.2 Å². The van der Waals surface area contributed by atoms with E-state index < -0.39 is 18.1 Å². The highest BCUT2D eigenvalue weighted by atomic mass is 16.5. The summed E-state index contributed by atoms with van der Waals surface area (Å²) < 4.78 is 10.6. The highest BCUT2D eigenvalue weighted by Crippen LogP contribution is 2.44. The Kier molecular flexibility index (Phi) is 7.50. The molecule has 8 nitrogen and oxygen atoms in total. The van der Waals surface area contributed by atoms with Crippen molar-refractivity contribution in [3.05, 3.63) is 83.8 Å². The van der Waals surface area contributed by atoms with E-state index in [1.807, 2.05) is 55.5 Å². The second kappa shape index (κ2) is 10.9. The molecule has 0 spiro atoms. The smallest absolute Gasteiger partial charge is 0.407 e. The summed E-state index contributed by atoms with van der Waals surface area (Å²) in [6.45, 7) is 2.60. The summed E-state index contributed by atoms with van der Waals surface area (Å²) in [6.07, 6.45) is 2.00. The van der Waals surface area contributed by atoms with Gasteiger partial charge in [-0.25, -0.2) is 4.79 Å². The number of likely N-dealkylation sites (N-methyl/N-ethyl adjacent to an activating group) is 1. The number of ether oxygens (including phenoxy) is 1. The summed E-state index contributed by atoms with van der Waals surface area (Å²) in [5, 5.41) is 11.7. The molecular weight excluding hydrogens is 448 g/mol. The topological polar surface area (TPSA) is 109 Å². The average Bonchev–Trinajstić information content (AvgIpc) is 3.49. The van der Waals surface area contributed by atoms with E-state index in [9.17, 15) is 14.4 Å². The van der Waals surface area contributed by atoms with Gasteiger partial charge in [0.05, 0.1) is 12.5 Å². The first-order valence-electron chi connectivity index (χ1n) is 11.6. The van der Waals surface area contributed by atoms with Crippen molar-refractivity contribution in [2.75, 3.05) is 13.2 Å². The van der Waals surface area contributed by atoms with E-state index >= 15 is 0 Å². The van der Waals surface area contributed by atoms with Crippen LogP contribution >= 0.6 is 0 Å². The number of rotatable bonds is 10. The Morgan fingerprint density at radius 3 is 2.29 bits per heavy atom. The van der Waals surface area contributed by atoms with Crippen molar-refractivity contribution in [3.63, 3.8) is 0 Å². The van der Waals surface area contributed by atoms with Crippen LogP contribution in [0.2, 0.25) is 0 Å². The van der Waals surface area contributed by atoms with Gasteiger partial charge in [-0.3, -0.25) is 9.59 Å². The highest BCUT2D eigenvalue weighted by molar-refractivity contribution is 5.86. The number of carbonyl (C=O) groups is 3. The van der Waals surface area contributed by atoms with E-state index in [2.05, 4.69) is 5.32 Å². The molecule has 0 saturated carbocycles. The van der Waals surface area contributed by atoms with Crippen molar-refractivity contribution in [2.45, 2.75) is 38.3 Å². The van der Waals surface area contributed by atoms with Gasteiger partial charge >= 0.3 is 12.1 Å². The van der Waals surface area contributed by atoms with Gasteiger partial charge in [-0.2, -0.15) is 0 Å². The molecule has 2 amide bonds. The number of carbonyl (C=O) groups excluding carboxylic acids is 2. The van der Waals surface area contributed by atoms with Gasteiger partial charge in [0.25, 0.3) is 0 Å². The van der Waals surface area contributed by atoms with Gasteiger partial charge in [-0.1, -0.05) is 48.5 Å². The number of carboxylic acid groups (broad SMARTS) is 1. The average molecular weight is 477 g/mol. The summed E-state index contributed by atoms with van der Waals surface area (Å²) in [5.41, 5.74) is 5.20. The lowest BCUT2D eigenvalue weighted by atomic mass is 9.98. The number of hydrogen-bond acceptors (Lipinski definition) is 5. The molecule has 0 bridgehead atoms. The molecule has 1 atom stereocenters. The number of carboxylic acids is 1. The van der Waals surface area contributed by atoms with Crippen LogP contribution in [0.4, 0.5) is 4.79 Å². The largest absolute Gasteiger partial charge is 0.481 e. The van der Waals surface area contributed by atoms with Crippen LogP contribution in [0.1, 0.15) is 42.4 Å². The lowest BCUT2D eigenvalue weighted by Gasteiger charge is -2.26. The predicted molar refractivity (Wildman–Crippen MR) is 129 cm³/mol. The Labute approximate surface area is 203 Å². The van der Waals surface area contributed by atoms with Gasteiger partial charge in [0.15, 0.2) is 0 Å². The molecule has 2 N–H and O–H groups in total. The van der Waals surface area contributed by atoms with Gasteiger partial charge in [-0.05, 0) is 41.7 Å². The van der Waals surface area contributed by atoms with E-state index in [0.717, 1.165) is 27.8 Å². The van der Waals surface area contributed by atoms with Crippen LogP contribution in [0.15, 0.2) is 71.5 Å². The number of hydrogen-bond donors (Lipinski definition) is 2. The summed E-state index contributed by atoms with van der Waals surface area (Å²) in [5.74, 6) is -1.53. The number of fused-ring (bicyclic) bond motifs is 3. The molecule has 1 aliphatic carbocycles. The lowest BCUT2D eigenvalue weighted by Crippen LogP contribution is -2.48.